The minimum absolute atomic E-state index is 0.165. The van der Waals surface area contributed by atoms with Crippen molar-refractivity contribution in [2.24, 2.45) is 7.05 Å². The molecule has 184 valence electrons. The summed E-state index contributed by atoms with van der Waals surface area (Å²) in [5.74, 6) is -0.727. The average Bonchev–Trinajstić information content (AvgIpc) is 3.59. The summed E-state index contributed by atoms with van der Waals surface area (Å²) in [6, 6.07) is 26.7. The molecule has 3 aromatic carbocycles. The number of nitrogens with zero attached hydrogens (tertiary/aromatic N) is 2. The normalized spacial score (nSPS) is 14.9. The number of carboxylic acids is 1. The van der Waals surface area contributed by atoms with E-state index in [2.05, 4.69) is 53.6 Å². The van der Waals surface area contributed by atoms with Crippen LogP contribution in [0.25, 0.3) is 22.3 Å². The van der Waals surface area contributed by atoms with Crippen LogP contribution in [0.4, 0.5) is 0 Å². The molecule has 1 saturated carbocycles. The summed E-state index contributed by atoms with van der Waals surface area (Å²) in [5, 5.41) is 24.2. The highest BCUT2D eigenvalue weighted by atomic mass is 16.4. The van der Waals surface area contributed by atoms with Crippen LogP contribution in [0.3, 0.4) is 0 Å². The molecule has 1 heterocycles. The number of aliphatic hydroxyl groups excluding tert-OH is 1. The molecule has 0 saturated heterocycles. The summed E-state index contributed by atoms with van der Waals surface area (Å²) in [6.45, 7) is 0. The number of hydrogen-bond acceptors (Lipinski definition) is 3. The number of rotatable bonds is 10. The van der Waals surface area contributed by atoms with Gasteiger partial charge in [-0.05, 0) is 59.9 Å². The highest BCUT2D eigenvalue weighted by Crippen LogP contribution is 2.51. The summed E-state index contributed by atoms with van der Waals surface area (Å²) in [7, 11) is 1.97. The molecule has 5 nitrogen and oxygen atoms in total. The van der Waals surface area contributed by atoms with E-state index in [1.807, 2.05) is 48.3 Å². The average molecular weight is 481 g/mol. The minimum Gasteiger partial charge on any atom is -0.481 e. The molecule has 5 rings (SSSR count). The SMILES string of the molecule is Cn1ncc(-c2ccc(-c3ccc(C4(CC(=O)O)CC4)cc3)cc2)c1CCCC(O)c1ccccc1. The van der Waals surface area contributed by atoms with E-state index < -0.39 is 12.1 Å². The highest BCUT2D eigenvalue weighted by Gasteiger charge is 2.45. The van der Waals surface area contributed by atoms with Crippen molar-refractivity contribution in [1.29, 1.82) is 0 Å². The molecule has 0 radical (unpaired) electrons. The van der Waals surface area contributed by atoms with Crippen LogP contribution in [0.1, 0.15) is 55.0 Å². The Balaban J connectivity index is 1.26. The molecule has 0 bridgehead atoms. The van der Waals surface area contributed by atoms with Crippen LogP contribution in [-0.4, -0.2) is 26.0 Å². The van der Waals surface area contributed by atoms with Gasteiger partial charge < -0.3 is 10.2 Å². The molecule has 0 aliphatic heterocycles. The molecule has 1 aliphatic carbocycles. The van der Waals surface area contributed by atoms with Gasteiger partial charge in [0.05, 0.1) is 18.7 Å². The third-order valence-electron chi connectivity index (χ3n) is 7.51. The monoisotopic (exact) mass is 480 g/mol. The van der Waals surface area contributed by atoms with Gasteiger partial charge in [0.1, 0.15) is 0 Å². The lowest BCUT2D eigenvalue weighted by Crippen LogP contribution is -2.12. The van der Waals surface area contributed by atoms with Gasteiger partial charge in [-0.25, -0.2) is 0 Å². The number of aliphatic hydroxyl groups is 1. The maximum atomic E-state index is 11.2. The number of carbonyl (C=O) groups is 1. The highest BCUT2D eigenvalue weighted by molar-refractivity contribution is 5.72. The van der Waals surface area contributed by atoms with E-state index >= 15 is 0 Å². The van der Waals surface area contributed by atoms with Gasteiger partial charge in [-0.1, -0.05) is 78.9 Å². The third kappa shape index (κ3) is 5.12. The Morgan fingerprint density at radius 3 is 2.17 bits per heavy atom. The van der Waals surface area contributed by atoms with Gasteiger partial charge in [0.15, 0.2) is 0 Å². The number of carboxylic acid groups (broad SMARTS) is 1. The molecule has 1 fully saturated rings. The second-order valence-corrected chi connectivity index (χ2v) is 9.95. The smallest absolute Gasteiger partial charge is 0.304 e. The van der Waals surface area contributed by atoms with Crippen molar-refractivity contribution in [2.45, 2.75) is 50.0 Å². The van der Waals surface area contributed by atoms with Crippen LogP contribution in [0.15, 0.2) is 85.1 Å². The molecule has 1 aromatic heterocycles. The largest absolute Gasteiger partial charge is 0.481 e. The summed E-state index contributed by atoms with van der Waals surface area (Å²) >= 11 is 0. The summed E-state index contributed by atoms with van der Waals surface area (Å²) in [4.78, 5) is 11.2. The van der Waals surface area contributed by atoms with E-state index in [0.29, 0.717) is 6.42 Å². The molecular formula is C31H32N2O3. The lowest BCUT2D eigenvalue weighted by atomic mass is 9.90. The van der Waals surface area contributed by atoms with Crippen molar-refractivity contribution in [2.75, 3.05) is 0 Å². The first-order chi connectivity index (χ1) is 17.4. The predicted octanol–water partition coefficient (Wildman–Crippen LogP) is 6.32. The van der Waals surface area contributed by atoms with Gasteiger partial charge >= 0.3 is 5.97 Å². The van der Waals surface area contributed by atoms with E-state index in [-0.39, 0.29) is 11.8 Å². The lowest BCUT2D eigenvalue weighted by molar-refractivity contribution is -0.137. The summed E-state index contributed by atoms with van der Waals surface area (Å²) in [5.41, 5.74) is 7.59. The second kappa shape index (κ2) is 10.1. The number of benzene rings is 3. The number of aliphatic carboxylic acids is 1. The van der Waals surface area contributed by atoms with Crippen LogP contribution in [0.2, 0.25) is 0 Å². The van der Waals surface area contributed by atoms with E-state index in [4.69, 9.17) is 0 Å². The van der Waals surface area contributed by atoms with Gasteiger partial charge in [0, 0.05) is 23.7 Å². The molecule has 1 unspecified atom stereocenters. The van der Waals surface area contributed by atoms with Gasteiger partial charge in [-0.15, -0.1) is 0 Å². The number of aromatic nitrogens is 2. The summed E-state index contributed by atoms with van der Waals surface area (Å²) in [6.07, 6.45) is 6.00. The van der Waals surface area contributed by atoms with E-state index in [9.17, 15) is 15.0 Å². The van der Waals surface area contributed by atoms with Crippen molar-refractivity contribution >= 4 is 5.97 Å². The van der Waals surface area contributed by atoms with Gasteiger partial charge in [-0.2, -0.15) is 5.10 Å². The van der Waals surface area contributed by atoms with Gasteiger partial charge in [-0.3, -0.25) is 9.48 Å². The van der Waals surface area contributed by atoms with Gasteiger partial charge in [0.25, 0.3) is 0 Å². The van der Waals surface area contributed by atoms with E-state index in [0.717, 1.165) is 59.1 Å². The fourth-order valence-electron chi connectivity index (χ4n) is 5.17. The standard InChI is InChI=1S/C31H32N2O3/c1-33-28(8-5-9-29(34)25-6-3-2-4-7-25)27(21-32-33)24-12-10-22(11-13-24)23-14-16-26(17-15-23)31(18-19-31)20-30(35)36/h2-4,6-7,10-17,21,29,34H,5,8-9,18-20H2,1H3,(H,35,36). The Morgan fingerprint density at radius 1 is 0.944 bits per heavy atom. The molecule has 4 aromatic rings. The van der Waals surface area contributed by atoms with Crippen LogP contribution < -0.4 is 0 Å². The topological polar surface area (TPSA) is 75.4 Å². The Kier molecular flexibility index (Phi) is 6.75. The van der Waals surface area contributed by atoms with Crippen molar-refractivity contribution < 1.29 is 15.0 Å². The number of aryl methyl sites for hydroxylation is 1. The molecule has 0 amide bonds. The predicted molar refractivity (Wildman–Crippen MR) is 142 cm³/mol. The first-order valence-corrected chi connectivity index (χ1v) is 12.6. The molecule has 2 N–H and O–H groups in total. The van der Waals surface area contributed by atoms with Crippen LogP contribution in [0, 0.1) is 0 Å². The second-order valence-electron chi connectivity index (χ2n) is 9.95. The zero-order valence-corrected chi connectivity index (χ0v) is 20.6. The molecule has 36 heavy (non-hydrogen) atoms. The summed E-state index contributed by atoms with van der Waals surface area (Å²) < 4.78 is 1.93. The maximum absolute atomic E-state index is 11.2. The molecule has 5 heteroatoms. The van der Waals surface area contributed by atoms with Crippen molar-refractivity contribution in [3.05, 3.63) is 102 Å². The van der Waals surface area contributed by atoms with Crippen LogP contribution in [0.5, 0.6) is 0 Å². The zero-order chi connectivity index (χ0) is 25.1. The van der Waals surface area contributed by atoms with E-state index in [1.165, 1.54) is 5.69 Å². The molecule has 1 aliphatic rings. The fourth-order valence-corrected chi connectivity index (χ4v) is 5.17. The van der Waals surface area contributed by atoms with Crippen LogP contribution in [-0.2, 0) is 23.7 Å². The van der Waals surface area contributed by atoms with Crippen LogP contribution >= 0.6 is 0 Å². The molecular weight excluding hydrogens is 448 g/mol. The Labute approximate surface area is 212 Å². The Hall–Kier alpha value is -3.70. The van der Waals surface area contributed by atoms with E-state index in [1.54, 1.807) is 0 Å². The van der Waals surface area contributed by atoms with Crippen molar-refractivity contribution in [3.63, 3.8) is 0 Å². The first-order valence-electron chi connectivity index (χ1n) is 12.6. The van der Waals surface area contributed by atoms with Crippen molar-refractivity contribution in [1.82, 2.24) is 9.78 Å². The number of hydrogen-bond donors (Lipinski definition) is 2. The lowest BCUT2D eigenvalue weighted by Gasteiger charge is -2.14. The zero-order valence-electron chi connectivity index (χ0n) is 20.6. The molecule has 0 spiro atoms. The van der Waals surface area contributed by atoms with Gasteiger partial charge in [0.2, 0.25) is 0 Å². The van der Waals surface area contributed by atoms with Crippen molar-refractivity contribution in [3.8, 4) is 22.3 Å². The Morgan fingerprint density at radius 2 is 1.56 bits per heavy atom. The first kappa shape index (κ1) is 24.0. The molecule has 1 atom stereocenters. The third-order valence-corrected chi connectivity index (χ3v) is 7.51. The quantitative estimate of drug-likeness (QED) is 0.279. The maximum Gasteiger partial charge on any atom is 0.304 e. The minimum atomic E-state index is -0.727. The Bertz CT molecular complexity index is 1320. The fraction of sp³-hybridized carbons (Fsp3) is 0.290.